The summed E-state index contributed by atoms with van der Waals surface area (Å²) in [5, 5.41) is 4.41. The molecule has 1 aromatic heterocycles. The van der Waals surface area contributed by atoms with Crippen LogP contribution in [0.5, 0.6) is 11.5 Å². The highest BCUT2D eigenvalue weighted by molar-refractivity contribution is 14.1. The van der Waals surface area contributed by atoms with E-state index in [1.165, 1.54) is 0 Å². The standard InChI is InChI=1S/C12H12IN3O2/c1-7-11(13)12(14)16(15-7)5-8-2-3-9-10(4-8)18-6-17-9/h2-4H,5-6,14H2,1H3. The predicted octanol–water partition coefficient (Wildman–Crippen LogP) is 2.16. The van der Waals surface area contributed by atoms with Gasteiger partial charge in [-0.1, -0.05) is 6.07 Å². The smallest absolute Gasteiger partial charge is 0.231 e. The lowest BCUT2D eigenvalue weighted by molar-refractivity contribution is 0.174. The maximum absolute atomic E-state index is 6.00. The molecule has 2 heterocycles. The largest absolute Gasteiger partial charge is 0.454 e. The van der Waals surface area contributed by atoms with Gasteiger partial charge in [0.2, 0.25) is 6.79 Å². The van der Waals surface area contributed by atoms with Crippen LogP contribution in [0.1, 0.15) is 11.3 Å². The number of hydrogen-bond donors (Lipinski definition) is 1. The molecule has 0 aliphatic carbocycles. The summed E-state index contributed by atoms with van der Waals surface area (Å²) in [7, 11) is 0. The number of fused-ring (bicyclic) bond motifs is 1. The molecular formula is C12H12IN3O2. The van der Waals surface area contributed by atoms with Crippen LogP contribution in [-0.2, 0) is 6.54 Å². The molecule has 0 saturated heterocycles. The first-order valence-corrected chi connectivity index (χ1v) is 6.60. The third-order valence-corrected chi connectivity index (χ3v) is 4.19. The molecule has 0 bridgehead atoms. The fourth-order valence-corrected chi connectivity index (χ4v) is 2.30. The number of aromatic nitrogens is 2. The van der Waals surface area contributed by atoms with Crippen molar-refractivity contribution in [2.24, 2.45) is 0 Å². The minimum absolute atomic E-state index is 0.291. The number of nitrogens with two attached hydrogens (primary N) is 1. The van der Waals surface area contributed by atoms with Crippen molar-refractivity contribution in [3.05, 3.63) is 33.0 Å². The predicted molar refractivity (Wildman–Crippen MR) is 75.8 cm³/mol. The summed E-state index contributed by atoms with van der Waals surface area (Å²) >= 11 is 2.21. The van der Waals surface area contributed by atoms with E-state index in [-0.39, 0.29) is 0 Å². The van der Waals surface area contributed by atoms with E-state index in [0.717, 1.165) is 26.3 Å². The van der Waals surface area contributed by atoms with Crippen LogP contribution >= 0.6 is 22.6 Å². The van der Waals surface area contributed by atoms with Crippen molar-refractivity contribution in [3.8, 4) is 11.5 Å². The van der Waals surface area contributed by atoms with Crippen molar-refractivity contribution in [1.29, 1.82) is 0 Å². The Morgan fingerprint density at radius 1 is 1.39 bits per heavy atom. The van der Waals surface area contributed by atoms with Crippen LogP contribution in [0.25, 0.3) is 0 Å². The third-order valence-electron chi connectivity index (χ3n) is 2.86. The summed E-state index contributed by atoms with van der Waals surface area (Å²) in [6.45, 7) is 2.88. The molecule has 1 aromatic carbocycles. The van der Waals surface area contributed by atoms with E-state index in [1.54, 1.807) is 4.68 Å². The normalized spacial score (nSPS) is 13.0. The maximum atomic E-state index is 6.00. The van der Waals surface area contributed by atoms with E-state index < -0.39 is 0 Å². The molecule has 5 nitrogen and oxygen atoms in total. The Morgan fingerprint density at radius 2 is 2.17 bits per heavy atom. The Balaban J connectivity index is 1.90. The highest BCUT2D eigenvalue weighted by Crippen LogP contribution is 2.33. The molecule has 0 saturated carbocycles. The fourth-order valence-electron chi connectivity index (χ4n) is 1.91. The van der Waals surface area contributed by atoms with Crippen molar-refractivity contribution in [3.63, 3.8) is 0 Å². The van der Waals surface area contributed by atoms with Crippen LogP contribution in [0.2, 0.25) is 0 Å². The number of nitrogens with zero attached hydrogens (tertiary/aromatic N) is 2. The molecule has 0 fully saturated rings. The van der Waals surface area contributed by atoms with Crippen LogP contribution in [0.4, 0.5) is 5.82 Å². The van der Waals surface area contributed by atoms with Gasteiger partial charge < -0.3 is 15.2 Å². The first-order chi connectivity index (χ1) is 8.65. The van der Waals surface area contributed by atoms with Gasteiger partial charge in [-0.25, -0.2) is 4.68 Å². The van der Waals surface area contributed by atoms with Crippen LogP contribution in [0.15, 0.2) is 18.2 Å². The minimum atomic E-state index is 0.291. The van der Waals surface area contributed by atoms with Gasteiger partial charge in [-0.15, -0.1) is 0 Å². The lowest BCUT2D eigenvalue weighted by Crippen LogP contribution is -2.06. The Morgan fingerprint density at radius 3 is 2.89 bits per heavy atom. The van der Waals surface area contributed by atoms with Gasteiger partial charge in [0.15, 0.2) is 11.5 Å². The van der Waals surface area contributed by atoms with Crippen LogP contribution in [-0.4, -0.2) is 16.6 Å². The topological polar surface area (TPSA) is 62.3 Å². The van der Waals surface area contributed by atoms with Gasteiger partial charge in [0.1, 0.15) is 5.82 Å². The lowest BCUT2D eigenvalue weighted by Gasteiger charge is -2.05. The van der Waals surface area contributed by atoms with E-state index in [9.17, 15) is 0 Å². The lowest BCUT2D eigenvalue weighted by atomic mass is 10.2. The molecule has 18 heavy (non-hydrogen) atoms. The molecule has 1 aliphatic rings. The minimum Gasteiger partial charge on any atom is -0.454 e. The van der Waals surface area contributed by atoms with E-state index >= 15 is 0 Å². The van der Waals surface area contributed by atoms with Gasteiger partial charge in [-0.3, -0.25) is 0 Å². The Labute approximate surface area is 118 Å². The highest BCUT2D eigenvalue weighted by atomic mass is 127. The van der Waals surface area contributed by atoms with Crippen molar-refractivity contribution in [2.45, 2.75) is 13.5 Å². The van der Waals surface area contributed by atoms with Gasteiger partial charge in [0, 0.05) is 0 Å². The number of ether oxygens (including phenoxy) is 2. The zero-order valence-electron chi connectivity index (χ0n) is 9.81. The molecule has 94 valence electrons. The number of rotatable bonds is 2. The second-order valence-corrected chi connectivity index (χ2v) is 5.21. The molecule has 0 atom stereocenters. The van der Waals surface area contributed by atoms with E-state index in [1.807, 2.05) is 25.1 Å². The summed E-state index contributed by atoms with van der Waals surface area (Å²) < 4.78 is 13.4. The molecule has 0 radical (unpaired) electrons. The highest BCUT2D eigenvalue weighted by Gasteiger charge is 2.15. The second kappa shape index (κ2) is 4.34. The summed E-state index contributed by atoms with van der Waals surface area (Å²) in [5.41, 5.74) is 8.04. The Bertz CT molecular complexity index is 610. The van der Waals surface area contributed by atoms with E-state index in [4.69, 9.17) is 15.2 Å². The van der Waals surface area contributed by atoms with Gasteiger partial charge in [0.25, 0.3) is 0 Å². The summed E-state index contributed by atoms with van der Waals surface area (Å²) in [4.78, 5) is 0. The molecule has 0 unspecified atom stereocenters. The molecule has 6 heteroatoms. The van der Waals surface area contributed by atoms with Crippen LogP contribution in [0.3, 0.4) is 0 Å². The number of nitrogen functional groups attached to an aromatic ring is 1. The molecule has 2 aromatic rings. The maximum Gasteiger partial charge on any atom is 0.231 e. The van der Waals surface area contributed by atoms with Gasteiger partial charge >= 0.3 is 0 Å². The van der Waals surface area contributed by atoms with Gasteiger partial charge in [-0.2, -0.15) is 5.10 Å². The molecule has 1 aliphatic heterocycles. The number of aryl methyl sites for hydroxylation is 1. The number of hydrogen-bond acceptors (Lipinski definition) is 4. The molecule has 3 rings (SSSR count). The van der Waals surface area contributed by atoms with Crippen molar-refractivity contribution in [1.82, 2.24) is 9.78 Å². The zero-order valence-corrected chi connectivity index (χ0v) is 12.0. The first kappa shape index (κ1) is 11.6. The van der Waals surface area contributed by atoms with Crippen molar-refractivity contribution < 1.29 is 9.47 Å². The fraction of sp³-hybridized carbons (Fsp3) is 0.250. The Kier molecular flexibility index (Phi) is 2.81. The van der Waals surface area contributed by atoms with Gasteiger partial charge in [0.05, 0.1) is 15.8 Å². The summed E-state index contributed by atoms with van der Waals surface area (Å²) in [5.74, 6) is 2.27. The SMILES string of the molecule is Cc1nn(Cc2ccc3c(c2)OCO3)c(N)c1I. The Hall–Kier alpha value is -1.44. The third kappa shape index (κ3) is 1.90. The molecule has 2 N–H and O–H groups in total. The number of benzene rings is 1. The number of anilines is 1. The first-order valence-electron chi connectivity index (χ1n) is 5.52. The molecular weight excluding hydrogens is 345 g/mol. The molecule has 0 amide bonds. The number of halogens is 1. The van der Waals surface area contributed by atoms with E-state index in [0.29, 0.717) is 19.2 Å². The average Bonchev–Trinajstić information content (AvgIpc) is 2.91. The van der Waals surface area contributed by atoms with Crippen LogP contribution < -0.4 is 15.2 Å². The summed E-state index contributed by atoms with van der Waals surface area (Å²) in [6, 6.07) is 5.87. The zero-order chi connectivity index (χ0) is 12.7. The quantitative estimate of drug-likeness (QED) is 0.837. The van der Waals surface area contributed by atoms with Crippen molar-refractivity contribution >= 4 is 28.4 Å². The van der Waals surface area contributed by atoms with Gasteiger partial charge in [-0.05, 0) is 47.2 Å². The monoisotopic (exact) mass is 357 g/mol. The average molecular weight is 357 g/mol. The summed E-state index contributed by atoms with van der Waals surface area (Å²) in [6.07, 6.45) is 0. The molecule has 0 spiro atoms. The van der Waals surface area contributed by atoms with Crippen molar-refractivity contribution in [2.75, 3.05) is 12.5 Å². The second-order valence-electron chi connectivity index (χ2n) is 4.13. The van der Waals surface area contributed by atoms with E-state index in [2.05, 4.69) is 27.7 Å². The van der Waals surface area contributed by atoms with Crippen LogP contribution in [0, 0.1) is 10.5 Å².